The molecule has 1 amide bonds. The molecule has 1 atom stereocenters. The summed E-state index contributed by atoms with van der Waals surface area (Å²) < 4.78 is 44.6. The van der Waals surface area contributed by atoms with Gasteiger partial charge in [0.05, 0.1) is 29.1 Å². The number of nitrogens with one attached hydrogen (secondary N) is 1. The standard InChI is InChI=1S/C23H23F3N4O2/c1-2-32-22-20(28-18-10-3-4-11-19(18)29-22)30-12-6-7-15(14-30)21(31)27-17-9-5-8-16(13-17)23(24,25)26/h3-5,8-11,13,15H,2,6-7,12,14H2,1H3,(H,27,31)/t15-/m0/s1. The zero-order valence-corrected chi connectivity index (χ0v) is 17.5. The second-order valence-corrected chi connectivity index (χ2v) is 7.63. The van der Waals surface area contributed by atoms with E-state index in [-0.39, 0.29) is 11.6 Å². The van der Waals surface area contributed by atoms with E-state index in [4.69, 9.17) is 9.72 Å². The van der Waals surface area contributed by atoms with Crippen molar-refractivity contribution in [3.8, 4) is 5.88 Å². The molecule has 0 bridgehead atoms. The van der Waals surface area contributed by atoms with Gasteiger partial charge in [-0.2, -0.15) is 13.2 Å². The summed E-state index contributed by atoms with van der Waals surface area (Å²) in [5.74, 6) is 0.258. The summed E-state index contributed by atoms with van der Waals surface area (Å²) >= 11 is 0. The molecule has 3 aromatic rings. The summed E-state index contributed by atoms with van der Waals surface area (Å²) in [6.07, 6.45) is -3.10. The molecule has 2 heterocycles. The summed E-state index contributed by atoms with van der Waals surface area (Å²) in [5, 5.41) is 2.63. The third-order valence-corrected chi connectivity index (χ3v) is 5.35. The maximum atomic E-state index is 13.0. The fourth-order valence-corrected chi connectivity index (χ4v) is 3.82. The van der Waals surface area contributed by atoms with Gasteiger partial charge < -0.3 is 15.0 Å². The van der Waals surface area contributed by atoms with E-state index in [0.717, 1.165) is 29.6 Å². The molecule has 9 heteroatoms. The molecule has 1 N–H and O–H groups in total. The number of carbonyl (C=O) groups excluding carboxylic acids is 1. The van der Waals surface area contributed by atoms with Crippen LogP contribution in [0, 0.1) is 5.92 Å². The van der Waals surface area contributed by atoms with Crippen LogP contribution >= 0.6 is 0 Å². The Morgan fingerprint density at radius 2 is 1.91 bits per heavy atom. The molecule has 32 heavy (non-hydrogen) atoms. The van der Waals surface area contributed by atoms with Crippen LogP contribution in [0.1, 0.15) is 25.3 Å². The van der Waals surface area contributed by atoms with Crippen LogP contribution in [0.3, 0.4) is 0 Å². The Labute approximate surface area is 183 Å². The molecule has 1 fully saturated rings. The van der Waals surface area contributed by atoms with Gasteiger partial charge in [0, 0.05) is 18.8 Å². The van der Waals surface area contributed by atoms with E-state index < -0.39 is 17.7 Å². The second kappa shape index (κ2) is 9.02. The maximum Gasteiger partial charge on any atom is 0.416 e. The fraction of sp³-hybridized carbons (Fsp3) is 0.348. The van der Waals surface area contributed by atoms with Crippen LogP contribution in [0.15, 0.2) is 48.5 Å². The smallest absolute Gasteiger partial charge is 0.416 e. The average molecular weight is 444 g/mol. The molecule has 0 spiro atoms. The Morgan fingerprint density at radius 1 is 1.16 bits per heavy atom. The van der Waals surface area contributed by atoms with Gasteiger partial charge in [0.1, 0.15) is 0 Å². The number of benzene rings is 2. The van der Waals surface area contributed by atoms with Crippen molar-refractivity contribution in [3.05, 3.63) is 54.1 Å². The van der Waals surface area contributed by atoms with Crippen molar-refractivity contribution in [1.29, 1.82) is 0 Å². The van der Waals surface area contributed by atoms with E-state index in [9.17, 15) is 18.0 Å². The molecule has 0 unspecified atom stereocenters. The Morgan fingerprint density at radius 3 is 2.62 bits per heavy atom. The van der Waals surface area contributed by atoms with Gasteiger partial charge in [-0.3, -0.25) is 4.79 Å². The van der Waals surface area contributed by atoms with Crippen LogP contribution in [0.5, 0.6) is 5.88 Å². The number of fused-ring (bicyclic) bond motifs is 1. The molecule has 0 aliphatic carbocycles. The monoisotopic (exact) mass is 444 g/mol. The highest BCUT2D eigenvalue weighted by molar-refractivity contribution is 5.93. The van der Waals surface area contributed by atoms with E-state index in [1.54, 1.807) is 0 Å². The molecule has 168 valence electrons. The van der Waals surface area contributed by atoms with Gasteiger partial charge in [0.15, 0.2) is 5.82 Å². The molecule has 1 aliphatic heterocycles. The number of carbonyl (C=O) groups is 1. The number of piperidine rings is 1. The number of amides is 1. The minimum Gasteiger partial charge on any atom is -0.475 e. The normalized spacial score (nSPS) is 16.8. The molecule has 4 rings (SSSR count). The average Bonchev–Trinajstić information content (AvgIpc) is 2.78. The molecular weight excluding hydrogens is 421 g/mol. The van der Waals surface area contributed by atoms with E-state index in [2.05, 4.69) is 10.3 Å². The fourth-order valence-electron chi connectivity index (χ4n) is 3.82. The number of para-hydroxylation sites is 2. The number of aromatic nitrogens is 2. The van der Waals surface area contributed by atoms with E-state index >= 15 is 0 Å². The molecule has 2 aromatic carbocycles. The quantitative estimate of drug-likeness (QED) is 0.606. The van der Waals surface area contributed by atoms with Crippen LogP contribution in [0.2, 0.25) is 0 Å². The Hall–Kier alpha value is -3.36. The van der Waals surface area contributed by atoms with Gasteiger partial charge in [-0.1, -0.05) is 18.2 Å². The lowest BCUT2D eigenvalue weighted by Gasteiger charge is -2.33. The zero-order chi connectivity index (χ0) is 22.7. The van der Waals surface area contributed by atoms with Crippen LogP contribution in [0.4, 0.5) is 24.7 Å². The number of alkyl halides is 3. The molecule has 1 aromatic heterocycles. The van der Waals surface area contributed by atoms with Gasteiger partial charge in [-0.15, -0.1) is 0 Å². The first-order valence-electron chi connectivity index (χ1n) is 10.5. The third-order valence-electron chi connectivity index (χ3n) is 5.35. The van der Waals surface area contributed by atoms with Crippen molar-refractivity contribution in [2.75, 3.05) is 29.9 Å². The lowest BCUT2D eigenvalue weighted by Crippen LogP contribution is -2.41. The van der Waals surface area contributed by atoms with Crippen LogP contribution in [-0.2, 0) is 11.0 Å². The topological polar surface area (TPSA) is 67.4 Å². The van der Waals surface area contributed by atoms with Gasteiger partial charge in [0.25, 0.3) is 5.88 Å². The van der Waals surface area contributed by atoms with Gasteiger partial charge in [-0.05, 0) is 50.1 Å². The first kappa shape index (κ1) is 21.9. The summed E-state index contributed by atoms with van der Waals surface area (Å²) in [6, 6.07) is 12.1. The summed E-state index contributed by atoms with van der Waals surface area (Å²) in [5.41, 5.74) is 0.771. The lowest BCUT2D eigenvalue weighted by molar-refractivity contribution is -0.137. The van der Waals surface area contributed by atoms with Crippen molar-refractivity contribution in [2.24, 2.45) is 5.92 Å². The second-order valence-electron chi connectivity index (χ2n) is 7.63. The van der Waals surface area contributed by atoms with Gasteiger partial charge in [-0.25, -0.2) is 9.97 Å². The predicted octanol–water partition coefficient (Wildman–Crippen LogP) is 4.90. The molecule has 0 saturated carbocycles. The number of nitrogens with zero attached hydrogens (tertiary/aromatic N) is 3. The number of ether oxygens (including phenoxy) is 1. The first-order valence-corrected chi connectivity index (χ1v) is 10.5. The minimum atomic E-state index is -4.47. The largest absolute Gasteiger partial charge is 0.475 e. The van der Waals surface area contributed by atoms with Crippen LogP contribution < -0.4 is 15.0 Å². The van der Waals surface area contributed by atoms with Gasteiger partial charge in [0.2, 0.25) is 5.91 Å². The number of hydrogen-bond donors (Lipinski definition) is 1. The summed E-state index contributed by atoms with van der Waals surface area (Å²) in [7, 11) is 0. The first-order chi connectivity index (χ1) is 15.3. The zero-order valence-electron chi connectivity index (χ0n) is 17.5. The molecule has 1 saturated heterocycles. The number of rotatable bonds is 5. The highest BCUT2D eigenvalue weighted by Gasteiger charge is 2.32. The Bertz CT molecular complexity index is 1120. The van der Waals surface area contributed by atoms with Gasteiger partial charge >= 0.3 is 6.18 Å². The van der Waals surface area contributed by atoms with Crippen molar-refractivity contribution in [3.63, 3.8) is 0 Å². The maximum absolute atomic E-state index is 13.0. The molecule has 0 radical (unpaired) electrons. The number of anilines is 2. The van der Waals surface area contributed by atoms with E-state index in [1.807, 2.05) is 36.1 Å². The molecule has 6 nitrogen and oxygen atoms in total. The Balaban J connectivity index is 1.53. The summed E-state index contributed by atoms with van der Waals surface area (Å²) in [6.45, 7) is 3.34. The number of hydrogen-bond acceptors (Lipinski definition) is 5. The highest BCUT2D eigenvalue weighted by Crippen LogP contribution is 2.32. The highest BCUT2D eigenvalue weighted by atomic mass is 19.4. The van der Waals surface area contributed by atoms with Crippen LogP contribution in [-0.4, -0.2) is 35.6 Å². The third kappa shape index (κ3) is 4.76. The van der Waals surface area contributed by atoms with E-state index in [1.165, 1.54) is 12.1 Å². The Kier molecular flexibility index (Phi) is 6.16. The van der Waals surface area contributed by atoms with Crippen molar-refractivity contribution < 1.29 is 22.7 Å². The van der Waals surface area contributed by atoms with Crippen LogP contribution in [0.25, 0.3) is 11.0 Å². The van der Waals surface area contributed by atoms with E-state index in [0.29, 0.717) is 37.8 Å². The minimum absolute atomic E-state index is 0.127. The molecular formula is C23H23F3N4O2. The number of halogens is 3. The van der Waals surface area contributed by atoms with Crippen molar-refractivity contribution in [1.82, 2.24) is 9.97 Å². The SMILES string of the molecule is CCOc1nc2ccccc2nc1N1CCC[C@H](C(=O)Nc2cccc(C(F)(F)F)c2)C1. The predicted molar refractivity (Wildman–Crippen MR) is 116 cm³/mol. The summed E-state index contributed by atoms with van der Waals surface area (Å²) in [4.78, 5) is 24.1. The van der Waals surface area contributed by atoms with Crippen molar-refractivity contribution >= 4 is 28.4 Å². The lowest BCUT2D eigenvalue weighted by atomic mass is 9.97. The molecule has 1 aliphatic rings. The van der Waals surface area contributed by atoms with Crippen molar-refractivity contribution in [2.45, 2.75) is 25.9 Å².